The van der Waals surface area contributed by atoms with Crippen LogP contribution in [0.15, 0.2) is 47.4 Å². The molecule has 24 heavy (non-hydrogen) atoms. The largest absolute Gasteiger partial charge is 0.493 e. The molecule has 7 heteroatoms. The van der Waals surface area contributed by atoms with E-state index in [2.05, 4.69) is 4.74 Å². The Bertz CT molecular complexity index is 689. The second-order valence-electron chi connectivity index (χ2n) is 4.67. The van der Waals surface area contributed by atoms with Crippen LogP contribution in [0.2, 0.25) is 0 Å². The van der Waals surface area contributed by atoms with Gasteiger partial charge in [-0.3, -0.25) is 0 Å². The van der Waals surface area contributed by atoms with Gasteiger partial charge in [0.2, 0.25) is 0 Å². The molecule has 4 nitrogen and oxygen atoms in total. The van der Waals surface area contributed by atoms with E-state index in [1.807, 2.05) is 30.5 Å². The normalized spacial score (nSPS) is 10.5. The standard InChI is InChI=1S/C17H16F2O4S/c1-21-15-9-12(5-8-14(15)23-17(18)19)16(20)22-10-11-3-6-13(24-2)7-4-11/h3-9,17H,10H2,1-2H3. The van der Waals surface area contributed by atoms with Gasteiger partial charge < -0.3 is 14.2 Å². The summed E-state index contributed by atoms with van der Waals surface area (Å²) in [7, 11) is 1.30. The van der Waals surface area contributed by atoms with Crippen LogP contribution in [0.3, 0.4) is 0 Å². The summed E-state index contributed by atoms with van der Waals surface area (Å²) in [5.74, 6) is -0.684. The predicted octanol–water partition coefficient (Wildman–Crippen LogP) is 4.38. The van der Waals surface area contributed by atoms with Crippen LogP contribution in [0.1, 0.15) is 15.9 Å². The maximum atomic E-state index is 12.3. The van der Waals surface area contributed by atoms with E-state index >= 15 is 0 Å². The van der Waals surface area contributed by atoms with Crippen molar-refractivity contribution >= 4 is 17.7 Å². The molecule has 0 aliphatic heterocycles. The lowest BCUT2D eigenvalue weighted by molar-refractivity contribution is -0.0512. The Morgan fingerprint density at radius 3 is 2.42 bits per heavy atom. The number of rotatable bonds is 7. The molecule has 0 aliphatic carbocycles. The van der Waals surface area contributed by atoms with Crippen molar-refractivity contribution in [3.63, 3.8) is 0 Å². The number of carbonyl (C=O) groups is 1. The zero-order chi connectivity index (χ0) is 17.5. The Morgan fingerprint density at radius 2 is 1.83 bits per heavy atom. The smallest absolute Gasteiger partial charge is 0.387 e. The number of carbonyl (C=O) groups excluding carboxylic acids is 1. The highest BCUT2D eigenvalue weighted by atomic mass is 32.2. The lowest BCUT2D eigenvalue weighted by Gasteiger charge is -2.11. The fraction of sp³-hybridized carbons (Fsp3) is 0.235. The first kappa shape index (κ1) is 18.1. The average Bonchev–Trinajstić information content (AvgIpc) is 2.60. The summed E-state index contributed by atoms with van der Waals surface area (Å²) in [6, 6.07) is 11.5. The van der Waals surface area contributed by atoms with E-state index in [-0.39, 0.29) is 23.7 Å². The number of hydrogen-bond acceptors (Lipinski definition) is 5. The van der Waals surface area contributed by atoms with Crippen LogP contribution in [0.5, 0.6) is 11.5 Å². The molecule has 0 aliphatic rings. The minimum Gasteiger partial charge on any atom is -0.493 e. The molecule has 2 aromatic carbocycles. The van der Waals surface area contributed by atoms with Gasteiger partial charge in [-0.2, -0.15) is 8.78 Å². The van der Waals surface area contributed by atoms with Gasteiger partial charge >= 0.3 is 12.6 Å². The second-order valence-corrected chi connectivity index (χ2v) is 5.55. The van der Waals surface area contributed by atoms with Gasteiger partial charge in [-0.25, -0.2) is 4.79 Å². The third-order valence-corrected chi connectivity index (χ3v) is 3.89. The molecule has 2 aromatic rings. The van der Waals surface area contributed by atoms with E-state index in [4.69, 9.17) is 9.47 Å². The van der Waals surface area contributed by atoms with Crippen molar-refractivity contribution in [1.82, 2.24) is 0 Å². The Labute approximate surface area is 142 Å². The highest BCUT2D eigenvalue weighted by Crippen LogP contribution is 2.29. The molecule has 0 bridgehead atoms. The van der Waals surface area contributed by atoms with Crippen molar-refractivity contribution < 1.29 is 27.8 Å². The first-order chi connectivity index (χ1) is 11.5. The summed E-state index contributed by atoms with van der Waals surface area (Å²) in [6.07, 6.45) is 1.98. The fourth-order valence-electron chi connectivity index (χ4n) is 1.94. The number of alkyl halides is 2. The summed E-state index contributed by atoms with van der Waals surface area (Å²) < 4.78 is 39.1. The molecule has 0 heterocycles. The van der Waals surface area contributed by atoms with E-state index in [9.17, 15) is 13.6 Å². The Morgan fingerprint density at radius 1 is 1.12 bits per heavy atom. The minimum atomic E-state index is -2.97. The van der Waals surface area contributed by atoms with Gasteiger partial charge in [0.05, 0.1) is 12.7 Å². The maximum Gasteiger partial charge on any atom is 0.387 e. The topological polar surface area (TPSA) is 44.8 Å². The third kappa shape index (κ3) is 4.86. The summed E-state index contributed by atoms with van der Waals surface area (Å²) in [5, 5.41) is 0. The van der Waals surface area contributed by atoms with Gasteiger partial charge in [-0.15, -0.1) is 11.8 Å². The minimum absolute atomic E-state index is 0.0362. The monoisotopic (exact) mass is 354 g/mol. The zero-order valence-corrected chi connectivity index (χ0v) is 13.9. The van der Waals surface area contributed by atoms with E-state index in [1.165, 1.54) is 25.3 Å². The van der Waals surface area contributed by atoms with Crippen molar-refractivity contribution in [3.05, 3.63) is 53.6 Å². The quantitative estimate of drug-likeness (QED) is 0.545. The molecule has 0 fully saturated rings. The highest BCUT2D eigenvalue weighted by molar-refractivity contribution is 7.98. The van der Waals surface area contributed by atoms with Gasteiger partial charge in [0.1, 0.15) is 6.61 Å². The predicted molar refractivity (Wildman–Crippen MR) is 87.0 cm³/mol. The van der Waals surface area contributed by atoms with Gasteiger partial charge in [0.15, 0.2) is 11.5 Å². The second kappa shape index (κ2) is 8.54. The summed E-state index contributed by atoms with van der Waals surface area (Å²) >= 11 is 1.62. The van der Waals surface area contributed by atoms with Crippen molar-refractivity contribution in [3.8, 4) is 11.5 Å². The molecule has 0 saturated heterocycles. The zero-order valence-electron chi connectivity index (χ0n) is 13.1. The molecule has 0 radical (unpaired) electrons. The maximum absolute atomic E-state index is 12.3. The van der Waals surface area contributed by atoms with Gasteiger partial charge in [-0.1, -0.05) is 12.1 Å². The van der Waals surface area contributed by atoms with Crippen molar-refractivity contribution in [2.24, 2.45) is 0 Å². The molecule has 2 rings (SSSR count). The van der Waals surface area contributed by atoms with Gasteiger partial charge in [0.25, 0.3) is 0 Å². The summed E-state index contributed by atoms with van der Waals surface area (Å²) in [6.45, 7) is -2.86. The lowest BCUT2D eigenvalue weighted by atomic mass is 10.2. The Kier molecular flexibility index (Phi) is 6.43. The molecule has 0 unspecified atom stereocenters. The number of halogens is 2. The van der Waals surface area contributed by atoms with Crippen LogP contribution in [0, 0.1) is 0 Å². The molecular weight excluding hydrogens is 338 g/mol. The lowest BCUT2D eigenvalue weighted by Crippen LogP contribution is -2.07. The van der Waals surface area contributed by atoms with Gasteiger partial charge in [-0.05, 0) is 42.2 Å². The molecule has 0 spiro atoms. The van der Waals surface area contributed by atoms with Gasteiger partial charge in [0, 0.05) is 4.90 Å². The molecule has 0 saturated carbocycles. The summed E-state index contributed by atoms with van der Waals surface area (Å²) in [4.78, 5) is 13.2. The van der Waals surface area contributed by atoms with Crippen LogP contribution in [0.4, 0.5) is 8.78 Å². The average molecular weight is 354 g/mol. The van der Waals surface area contributed by atoms with Crippen molar-refractivity contribution in [1.29, 1.82) is 0 Å². The molecular formula is C17H16F2O4S. The van der Waals surface area contributed by atoms with E-state index in [0.717, 1.165) is 10.5 Å². The van der Waals surface area contributed by atoms with Crippen LogP contribution < -0.4 is 9.47 Å². The summed E-state index contributed by atoms with van der Waals surface area (Å²) in [5.41, 5.74) is 1.04. The molecule has 0 aromatic heterocycles. The molecule has 0 atom stereocenters. The number of benzene rings is 2. The van der Waals surface area contributed by atoms with Crippen LogP contribution in [0.25, 0.3) is 0 Å². The number of ether oxygens (including phenoxy) is 3. The number of hydrogen-bond donors (Lipinski definition) is 0. The fourth-order valence-corrected chi connectivity index (χ4v) is 2.35. The highest BCUT2D eigenvalue weighted by Gasteiger charge is 2.15. The van der Waals surface area contributed by atoms with E-state index in [0.29, 0.717) is 0 Å². The number of methoxy groups -OCH3 is 1. The first-order valence-corrected chi connectivity index (χ1v) is 8.19. The first-order valence-electron chi connectivity index (χ1n) is 6.96. The van der Waals surface area contributed by atoms with Crippen LogP contribution >= 0.6 is 11.8 Å². The SMILES string of the molecule is COc1cc(C(=O)OCc2ccc(SC)cc2)ccc1OC(F)F. The Hall–Kier alpha value is -2.28. The third-order valence-electron chi connectivity index (χ3n) is 3.14. The van der Waals surface area contributed by atoms with E-state index in [1.54, 1.807) is 11.8 Å². The van der Waals surface area contributed by atoms with Crippen LogP contribution in [-0.4, -0.2) is 25.9 Å². The molecule has 128 valence electrons. The molecule has 0 N–H and O–H groups in total. The molecule has 0 amide bonds. The Balaban J connectivity index is 2.03. The van der Waals surface area contributed by atoms with Crippen molar-refractivity contribution in [2.45, 2.75) is 18.1 Å². The number of esters is 1. The van der Waals surface area contributed by atoms with Crippen molar-refractivity contribution in [2.75, 3.05) is 13.4 Å². The number of thioether (sulfide) groups is 1. The van der Waals surface area contributed by atoms with E-state index < -0.39 is 12.6 Å². The van der Waals surface area contributed by atoms with Crippen LogP contribution in [-0.2, 0) is 11.3 Å².